The van der Waals surface area contributed by atoms with E-state index in [4.69, 9.17) is 9.94 Å². The Bertz CT molecular complexity index is 984. The number of aromatic nitrogens is 1. The maximum Gasteiger partial charge on any atom is 0.272 e. The fourth-order valence-electron chi connectivity index (χ4n) is 3.18. The van der Waals surface area contributed by atoms with Gasteiger partial charge in [0.15, 0.2) is 11.3 Å². The number of hydroxylamine groups is 1. The number of pyridine rings is 1. The first-order chi connectivity index (χ1) is 13.8. The lowest BCUT2D eigenvalue weighted by Gasteiger charge is -2.40. The van der Waals surface area contributed by atoms with E-state index in [0.717, 1.165) is 9.87 Å². The minimum absolute atomic E-state index is 0.0156. The second-order valence-electron chi connectivity index (χ2n) is 6.73. The van der Waals surface area contributed by atoms with Crippen LogP contribution >= 0.6 is 0 Å². The molecule has 0 bridgehead atoms. The molecule has 3 rings (SSSR count). The average molecular weight is 419 g/mol. The molecule has 1 aliphatic heterocycles. The van der Waals surface area contributed by atoms with Crippen LogP contribution in [0.25, 0.3) is 0 Å². The Morgan fingerprint density at radius 3 is 2.52 bits per heavy atom. The molecular formula is C19H21N3O6S. The van der Waals surface area contributed by atoms with Crippen LogP contribution in [0.2, 0.25) is 0 Å². The highest BCUT2D eigenvalue weighted by Gasteiger charge is 2.53. The lowest BCUT2D eigenvalue weighted by molar-refractivity contribution is -0.148. The van der Waals surface area contributed by atoms with E-state index in [0.29, 0.717) is 18.8 Å². The van der Waals surface area contributed by atoms with Crippen molar-refractivity contribution in [3.63, 3.8) is 0 Å². The van der Waals surface area contributed by atoms with Crippen LogP contribution in [-0.2, 0) is 26.2 Å². The Balaban J connectivity index is 1.83. The molecule has 154 valence electrons. The van der Waals surface area contributed by atoms with Crippen LogP contribution in [0.15, 0.2) is 53.7 Å². The van der Waals surface area contributed by atoms with Crippen molar-refractivity contribution in [1.29, 1.82) is 0 Å². The van der Waals surface area contributed by atoms with Crippen LogP contribution in [0, 0.1) is 0 Å². The van der Waals surface area contributed by atoms with Gasteiger partial charge in [-0.2, -0.15) is 4.31 Å². The Hall–Kier alpha value is -2.82. The van der Waals surface area contributed by atoms with Crippen molar-refractivity contribution in [2.45, 2.75) is 36.8 Å². The quantitative estimate of drug-likeness (QED) is 0.410. The molecular weight excluding hydrogens is 398 g/mol. The molecule has 0 aliphatic carbocycles. The molecule has 29 heavy (non-hydrogen) atoms. The van der Waals surface area contributed by atoms with Gasteiger partial charge in [-0.3, -0.25) is 19.8 Å². The summed E-state index contributed by atoms with van der Waals surface area (Å²) in [5.41, 5.74) is 0.310. The molecule has 1 atom stereocenters. The van der Waals surface area contributed by atoms with Gasteiger partial charge in [0.2, 0.25) is 10.0 Å². The van der Waals surface area contributed by atoms with Gasteiger partial charge in [0.25, 0.3) is 5.91 Å². The predicted octanol–water partition coefficient (Wildman–Crippen LogP) is 1.28. The standard InChI is InChI=1S/C19H21N3O6S/c1-19(18(24)21-25)17(23)3-2-12-22(19)29(26,27)16-6-4-15(5-7-16)28-13-14-8-10-20-11-9-14/h4-11,25H,2-3,12-13H2,1H3,(H,21,24)/t19-/m1/s1. The number of amides is 1. The molecule has 1 aliphatic rings. The number of carbonyl (C=O) groups excluding carboxylic acids is 2. The van der Waals surface area contributed by atoms with Crippen LogP contribution in [-0.4, -0.2) is 46.7 Å². The third kappa shape index (κ3) is 4.00. The number of nitrogens with zero attached hydrogens (tertiary/aromatic N) is 2. The van der Waals surface area contributed by atoms with Gasteiger partial charge in [0, 0.05) is 25.4 Å². The van der Waals surface area contributed by atoms with Crippen molar-refractivity contribution >= 4 is 21.7 Å². The summed E-state index contributed by atoms with van der Waals surface area (Å²) in [4.78, 5) is 28.4. The smallest absolute Gasteiger partial charge is 0.272 e. The summed E-state index contributed by atoms with van der Waals surface area (Å²) in [5.74, 6) is -1.19. The molecule has 0 spiro atoms. The number of Topliss-reactive ketones (excluding diaryl/α,β-unsaturated/α-hetero) is 1. The molecule has 1 amide bonds. The van der Waals surface area contributed by atoms with Crippen molar-refractivity contribution in [3.8, 4) is 5.75 Å². The van der Waals surface area contributed by atoms with Crippen molar-refractivity contribution in [3.05, 3.63) is 54.4 Å². The van der Waals surface area contributed by atoms with Gasteiger partial charge in [-0.25, -0.2) is 13.9 Å². The average Bonchev–Trinajstić information content (AvgIpc) is 2.74. The number of hydrogen-bond acceptors (Lipinski definition) is 7. The summed E-state index contributed by atoms with van der Waals surface area (Å²) in [6, 6.07) is 9.33. The number of sulfonamides is 1. The summed E-state index contributed by atoms with van der Waals surface area (Å²) < 4.78 is 32.7. The van der Waals surface area contributed by atoms with E-state index in [-0.39, 0.29) is 17.9 Å². The molecule has 1 aromatic heterocycles. The number of nitrogens with one attached hydrogen (secondary N) is 1. The lowest BCUT2D eigenvalue weighted by Crippen LogP contribution is -2.65. The highest BCUT2D eigenvalue weighted by Crippen LogP contribution is 2.32. The van der Waals surface area contributed by atoms with E-state index < -0.39 is 27.3 Å². The van der Waals surface area contributed by atoms with E-state index in [1.165, 1.54) is 36.7 Å². The van der Waals surface area contributed by atoms with E-state index >= 15 is 0 Å². The van der Waals surface area contributed by atoms with Crippen LogP contribution < -0.4 is 10.2 Å². The number of ether oxygens (including phenoxy) is 1. The SMILES string of the molecule is C[C@]1(C(=O)NO)C(=O)CCCN1S(=O)(=O)c1ccc(OCc2ccncc2)cc1. The van der Waals surface area contributed by atoms with Gasteiger partial charge in [0.1, 0.15) is 12.4 Å². The number of carbonyl (C=O) groups is 2. The van der Waals surface area contributed by atoms with E-state index in [1.54, 1.807) is 24.5 Å². The lowest BCUT2D eigenvalue weighted by atomic mass is 9.89. The van der Waals surface area contributed by atoms with Crippen molar-refractivity contribution in [2.75, 3.05) is 6.54 Å². The van der Waals surface area contributed by atoms with Crippen molar-refractivity contribution < 1.29 is 28.0 Å². The highest BCUT2D eigenvalue weighted by atomic mass is 32.2. The number of piperidine rings is 1. The summed E-state index contributed by atoms with van der Waals surface area (Å²) >= 11 is 0. The number of hydrogen-bond donors (Lipinski definition) is 2. The van der Waals surface area contributed by atoms with E-state index in [2.05, 4.69) is 4.98 Å². The Morgan fingerprint density at radius 1 is 1.24 bits per heavy atom. The van der Waals surface area contributed by atoms with Gasteiger partial charge >= 0.3 is 0 Å². The maximum absolute atomic E-state index is 13.1. The summed E-state index contributed by atoms with van der Waals surface area (Å²) in [6.07, 6.45) is 3.64. The molecule has 0 unspecified atom stereocenters. The molecule has 0 saturated carbocycles. The third-order valence-corrected chi connectivity index (χ3v) is 6.91. The summed E-state index contributed by atoms with van der Waals surface area (Å²) in [6.45, 7) is 1.48. The maximum atomic E-state index is 13.1. The first-order valence-electron chi connectivity index (χ1n) is 8.92. The van der Waals surface area contributed by atoms with Crippen LogP contribution in [0.4, 0.5) is 0 Å². The second kappa shape index (κ2) is 8.27. The van der Waals surface area contributed by atoms with Crippen LogP contribution in [0.3, 0.4) is 0 Å². The first kappa shape index (κ1) is 20.9. The molecule has 1 fully saturated rings. The molecule has 9 nitrogen and oxygen atoms in total. The Kier molecular flexibility index (Phi) is 5.96. The topological polar surface area (TPSA) is 126 Å². The monoisotopic (exact) mass is 419 g/mol. The number of rotatable bonds is 6. The zero-order chi connectivity index (χ0) is 21.1. The zero-order valence-electron chi connectivity index (χ0n) is 15.7. The molecule has 2 N–H and O–H groups in total. The van der Waals surface area contributed by atoms with Crippen molar-refractivity contribution in [2.24, 2.45) is 0 Å². The predicted molar refractivity (Wildman–Crippen MR) is 101 cm³/mol. The Labute approximate surface area is 168 Å². The Morgan fingerprint density at radius 2 is 1.90 bits per heavy atom. The number of ketones is 1. The van der Waals surface area contributed by atoms with Gasteiger partial charge in [-0.1, -0.05) is 0 Å². The van der Waals surface area contributed by atoms with E-state index in [9.17, 15) is 18.0 Å². The van der Waals surface area contributed by atoms with Gasteiger partial charge in [0.05, 0.1) is 4.90 Å². The largest absolute Gasteiger partial charge is 0.489 e. The fourth-order valence-corrected chi connectivity index (χ4v) is 4.95. The molecule has 1 saturated heterocycles. The summed E-state index contributed by atoms with van der Waals surface area (Å²) in [7, 11) is -4.16. The minimum Gasteiger partial charge on any atom is -0.489 e. The molecule has 1 aromatic carbocycles. The normalized spacial score (nSPS) is 20.3. The zero-order valence-corrected chi connectivity index (χ0v) is 16.6. The van der Waals surface area contributed by atoms with E-state index in [1.807, 2.05) is 0 Å². The summed E-state index contributed by atoms with van der Waals surface area (Å²) in [5, 5.41) is 9.02. The highest BCUT2D eigenvalue weighted by molar-refractivity contribution is 7.89. The van der Waals surface area contributed by atoms with Gasteiger partial charge in [-0.15, -0.1) is 0 Å². The second-order valence-corrected chi connectivity index (χ2v) is 8.59. The third-order valence-electron chi connectivity index (χ3n) is 4.92. The van der Waals surface area contributed by atoms with Crippen LogP contribution in [0.5, 0.6) is 5.75 Å². The van der Waals surface area contributed by atoms with Crippen molar-refractivity contribution in [1.82, 2.24) is 14.8 Å². The molecule has 10 heteroatoms. The fraction of sp³-hybridized carbons (Fsp3) is 0.316. The number of benzene rings is 1. The van der Waals surface area contributed by atoms with Gasteiger partial charge < -0.3 is 4.74 Å². The van der Waals surface area contributed by atoms with Gasteiger partial charge in [-0.05, 0) is 55.3 Å². The molecule has 2 heterocycles. The molecule has 0 radical (unpaired) electrons. The minimum atomic E-state index is -4.16. The first-order valence-corrected chi connectivity index (χ1v) is 10.4. The van der Waals surface area contributed by atoms with Crippen LogP contribution in [0.1, 0.15) is 25.3 Å². The molecule has 2 aromatic rings.